The standard InChI is InChI=1S/C23H23F3N4O2/c1-13-5-6-18-17(11-13)16-8-10-30(19(31)7-9-27)21(20(16)29-18)14-3-2-4-15(12-14)28-22(32)23(24,25)26/h2-6,11-12,21,29H,7-10,27H2,1H3,(H,28,32). The molecule has 0 radical (unpaired) electrons. The van der Waals surface area contributed by atoms with Crippen LogP contribution in [0.3, 0.4) is 0 Å². The maximum atomic E-state index is 12.9. The molecule has 0 spiro atoms. The monoisotopic (exact) mass is 444 g/mol. The number of carbonyl (C=O) groups is 2. The highest BCUT2D eigenvalue weighted by atomic mass is 19.4. The Balaban J connectivity index is 1.80. The SMILES string of the molecule is Cc1ccc2[nH]c3c(c2c1)CCN(C(=O)CCN)C3c1cccc(NC(=O)C(F)(F)F)c1. The number of H-pyrrole nitrogens is 1. The summed E-state index contributed by atoms with van der Waals surface area (Å²) in [6.45, 7) is 2.65. The lowest BCUT2D eigenvalue weighted by atomic mass is 9.91. The number of nitrogens with zero attached hydrogens (tertiary/aromatic N) is 1. The first-order valence-electron chi connectivity index (χ1n) is 10.3. The van der Waals surface area contributed by atoms with E-state index in [1.54, 1.807) is 17.0 Å². The number of carbonyl (C=O) groups excluding carboxylic acids is 2. The van der Waals surface area contributed by atoms with Gasteiger partial charge < -0.3 is 20.9 Å². The fourth-order valence-corrected chi connectivity index (χ4v) is 4.27. The van der Waals surface area contributed by atoms with Crippen molar-refractivity contribution in [1.29, 1.82) is 0 Å². The highest BCUT2D eigenvalue weighted by molar-refractivity contribution is 5.95. The zero-order valence-corrected chi connectivity index (χ0v) is 17.4. The van der Waals surface area contributed by atoms with Crippen LogP contribution in [0, 0.1) is 6.92 Å². The number of aryl methyl sites for hydroxylation is 1. The number of alkyl halides is 3. The minimum absolute atomic E-state index is 0.00938. The number of fused-ring (bicyclic) bond motifs is 3. The fraction of sp³-hybridized carbons (Fsp3) is 0.304. The van der Waals surface area contributed by atoms with Crippen molar-refractivity contribution in [2.75, 3.05) is 18.4 Å². The van der Waals surface area contributed by atoms with Crippen LogP contribution in [-0.4, -0.2) is 41.0 Å². The largest absolute Gasteiger partial charge is 0.471 e. The lowest BCUT2D eigenvalue weighted by molar-refractivity contribution is -0.167. The Kier molecular flexibility index (Phi) is 5.68. The lowest BCUT2D eigenvalue weighted by Gasteiger charge is -2.36. The van der Waals surface area contributed by atoms with E-state index >= 15 is 0 Å². The van der Waals surface area contributed by atoms with Crippen molar-refractivity contribution in [2.45, 2.75) is 32.0 Å². The zero-order valence-electron chi connectivity index (χ0n) is 17.4. The molecule has 0 saturated carbocycles. The van der Waals surface area contributed by atoms with Crippen LogP contribution < -0.4 is 11.1 Å². The van der Waals surface area contributed by atoms with Crippen molar-refractivity contribution in [2.24, 2.45) is 5.73 Å². The predicted octanol–water partition coefficient (Wildman–Crippen LogP) is 3.80. The van der Waals surface area contributed by atoms with Gasteiger partial charge in [0.1, 0.15) is 0 Å². The minimum atomic E-state index is -4.99. The number of hydrogen-bond acceptors (Lipinski definition) is 3. The van der Waals surface area contributed by atoms with E-state index in [9.17, 15) is 22.8 Å². The number of amides is 2. The summed E-state index contributed by atoms with van der Waals surface area (Å²) in [7, 11) is 0. The molecule has 1 aromatic heterocycles. The van der Waals surface area contributed by atoms with E-state index in [0.29, 0.717) is 18.5 Å². The van der Waals surface area contributed by atoms with Gasteiger partial charge in [-0.1, -0.05) is 23.8 Å². The van der Waals surface area contributed by atoms with Gasteiger partial charge in [-0.15, -0.1) is 0 Å². The molecule has 1 unspecified atom stereocenters. The quantitative estimate of drug-likeness (QED) is 0.572. The molecule has 2 amide bonds. The Morgan fingerprint density at radius 2 is 2.00 bits per heavy atom. The molecule has 2 aromatic carbocycles. The van der Waals surface area contributed by atoms with Gasteiger partial charge in [-0.25, -0.2) is 0 Å². The summed E-state index contributed by atoms with van der Waals surface area (Å²) in [6, 6.07) is 11.7. The smallest absolute Gasteiger partial charge is 0.356 e. The number of nitrogens with two attached hydrogens (primary N) is 1. The Morgan fingerprint density at radius 3 is 2.72 bits per heavy atom. The highest BCUT2D eigenvalue weighted by Gasteiger charge is 2.39. The van der Waals surface area contributed by atoms with Crippen molar-refractivity contribution in [3.8, 4) is 0 Å². The van der Waals surface area contributed by atoms with E-state index in [-0.39, 0.29) is 24.6 Å². The normalized spacial score (nSPS) is 16.2. The van der Waals surface area contributed by atoms with Gasteiger partial charge in [-0.3, -0.25) is 9.59 Å². The number of halogens is 3. The van der Waals surface area contributed by atoms with E-state index in [0.717, 1.165) is 27.7 Å². The van der Waals surface area contributed by atoms with Gasteiger partial charge in [0.05, 0.1) is 6.04 Å². The first-order chi connectivity index (χ1) is 15.2. The molecule has 4 rings (SSSR count). The van der Waals surface area contributed by atoms with Crippen molar-refractivity contribution >= 4 is 28.4 Å². The highest BCUT2D eigenvalue weighted by Crippen LogP contribution is 2.39. The number of anilines is 1. The van der Waals surface area contributed by atoms with Crippen LogP contribution in [0.25, 0.3) is 10.9 Å². The molecule has 168 valence electrons. The van der Waals surface area contributed by atoms with Crippen LogP contribution in [0.2, 0.25) is 0 Å². The molecular formula is C23H23F3N4O2. The van der Waals surface area contributed by atoms with Gasteiger partial charge in [-0.2, -0.15) is 13.2 Å². The third kappa shape index (κ3) is 4.08. The second kappa shape index (κ2) is 8.31. The molecule has 3 aromatic rings. The first-order valence-corrected chi connectivity index (χ1v) is 10.3. The molecule has 0 saturated heterocycles. The third-order valence-corrected chi connectivity index (χ3v) is 5.68. The van der Waals surface area contributed by atoms with Crippen molar-refractivity contribution in [3.05, 3.63) is 64.8 Å². The number of rotatable bonds is 4. The Hall–Kier alpha value is -3.33. The summed E-state index contributed by atoms with van der Waals surface area (Å²) in [6.07, 6.45) is -4.18. The van der Waals surface area contributed by atoms with E-state index < -0.39 is 18.1 Å². The van der Waals surface area contributed by atoms with Crippen LogP contribution in [0.15, 0.2) is 42.5 Å². The lowest BCUT2D eigenvalue weighted by Crippen LogP contribution is -2.41. The molecule has 2 heterocycles. The van der Waals surface area contributed by atoms with E-state index in [2.05, 4.69) is 11.1 Å². The van der Waals surface area contributed by atoms with Gasteiger partial charge >= 0.3 is 12.1 Å². The number of aromatic nitrogens is 1. The molecule has 0 bridgehead atoms. The molecule has 0 aliphatic carbocycles. The van der Waals surface area contributed by atoms with Gasteiger partial charge in [-0.05, 0) is 48.7 Å². The average Bonchev–Trinajstić information content (AvgIpc) is 3.10. The van der Waals surface area contributed by atoms with E-state index in [1.807, 2.05) is 24.4 Å². The summed E-state index contributed by atoms with van der Waals surface area (Å²) in [5, 5.41) is 2.96. The van der Waals surface area contributed by atoms with Gasteiger partial charge in [0.15, 0.2) is 0 Å². The predicted molar refractivity (Wildman–Crippen MR) is 115 cm³/mol. The van der Waals surface area contributed by atoms with Crippen molar-refractivity contribution in [3.63, 3.8) is 0 Å². The topological polar surface area (TPSA) is 91.2 Å². The molecule has 0 fully saturated rings. The Morgan fingerprint density at radius 1 is 1.22 bits per heavy atom. The summed E-state index contributed by atoms with van der Waals surface area (Å²) in [5.74, 6) is -2.18. The van der Waals surface area contributed by atoms with E-state index in [4.69, 9.17) is 5.73 Å². The van der Waals surface area contributed by atoms with Crippen LogP contribution >= 0.6 is 0 Å². The second-order valence-electron chi connectivity index (χ2n) is 7.92. The number of nitrogens with one attached hydrogen (secondary N) is 2. The fourth-order valence-electron chi connectivity index (χ4n) is 4.27. The summed E-state index contributed by atoms with van der Waals surface area (Å²) in [5.41, 5.74) is 10.1. The van der Waals surface area contributed by atoms with E-state index in [1.165, 1.54) is 12.1 Å². The van der Waals surface area contributed by atoms with Crippen LogP contribution in [-0.2, 0) is 16.0 Å². The minimum Gasteiger partial charge on any atom is -0.356 e. The number of benzene rings is 2. The van der Waals surface area contributed by atoms with Gasteiger partial charge in [0, 0.05) is 41.8 Å². The summed E-state index contributed by atoms with van der Waals surface area (Å²) >= 11 is 0. The first kappa shape index (κ1) is 21.9. The third-order valence-electron chi connectivity index (χ3n) is 5.68. The Labute approximate surface area is 182 Å². The zero-order chi connectivity index (χ0) is 23.0. The van der Waals surface area contributed by atoms with Crippen molar-refractivity contribution < 1.29 is 22.8 Å². The Bertz CT molecular complexity index is 1190. The molecule has 32 heavy (non-hydrogen) atoms. The summed E-state index contributed by atoms with van der Waals surface area (Å²) < 4.78 is 38.1. The maximum Gasteiger partial charge on any atom is 0.471 e. The molecule has 1 atom stereocenters. The molecule has 9 heteroatoms. The second-order valence-corrected chi connectivity index (χ2v) is 7.92. The maximum absolute atomic E-state index is 12.9. The molecule has 4 N–H and O–H groups in total. The molecule has 6 nitrogen and oxygen atoms in total. The van der Waals surface area contributed by atoms with Crippen LogP contribution in [0.1, 0.15) is 34.8 Å². The van der Waals surface area contributed by atoms with Crippen LogP contribution in [0.4, 0.5) is 18.9 Å². The van der Waals surface area contributed by atoms with Crippen LogP contribution in [0.5, 0.6) is 0 Å². The summed E-state index contributed by atoms with van der Waals surface area (Å²) in [4.78, 5) is 29.4. The van der Waals surface area contributed by atoms with Gasteiger partial charge in [0.2, 0.25) is 5.91 Å². The van der Waals surface area contributed by atoms with Gasteiger partial charge in [0.25, 0.3) is 0 Å². The number of hydrogen-bond donors (Lipinski definition) is 3. The molecule has 1 aliphatic rings. The van der Waals surface area contributed by atoms with Crippen molar-refractivity contribution in [1.82, 2.24) is 9.88 Å². The average molecular weight is 444 g/mol. The molecule has 1 aliphatic heterocycles. The molecular weight excluding hydrogens is 421 g/mol. The number of aromatic amines is 1.